The van der Waals surface area contributed by atoms with Crippen LogP contribution in [0.15, 0.2) is 24.3 Å². The standard InChI is InChI=1S/C18H22ClNO3/c19-15-7-1-4-13(10-15)11-18(17(22)23)8-3-9-20(12-18)16(21)14-5-2-6-14/h1,4,7,10,14H,2-3,5-6,8-9,11-12H2,(H,22,23). The van der Waals surface area contributed by atoms with Gasteiger partial charge in [0.15, 0.2) is 0 Å². The maximum Gasteiger partial charge on any atom is 0.311 e. The SMILES string of the molecule is O=C(C1CCC1)N1CCCC(Cc2cccc(Cl)c2)(C(=O)O)C1. The molecule has 1 amide bonds. The summed E-state index contributed by atoms with van der Waals surface area (Å²) >= 11 is 6.02. The van der Waals surface area contributed by atoms with Crippen molar-refractivity contribution in [2.75, 3.05) is 13.1 Å². The molecule has 1 aliphatic carbocycles. The molecule has 1 atom stereocenters. The van der Waals surface area contributed by atoms with E-state index in [1.165, 1.54) is 0 Å². The monoisotopic (exact) mass is 335 g/mol. The molecule has 3 rings (SSSR count). The maximum absolute atomic E-state index is 12.5. The molecule has 2 aliphatic rings. The van der Waals surface area contributed by atoms with Crippen molar-refractivity contribution in [2.24, 2.45) is 11.3 Å². The molecule has 1 aromatic rings. The second-order valence-corrected chi connectivity index (χ2v) is 7.32. The van der Waals surface area contributed by atoms with E-state index in [2.05, 4.69) is 0 Å². The second-order valence-electron chi connectivity index (χ2n) is 6.88. The highest BCUT2D eigenvalue weighted by atomic mass is 35.5. The number of amides is 1. The number of likely N-dealkylation sites (tertiary alicyclic amines) is 1. The maximum atomic E-state index is 12.5. The summed E-state index contributed by atoms with van der Waals surface area (Å²) in [6.07, 6.45) is 4.76. The van der Waals surface area contributed by atoms with Gasteiger partial charge in [-0.15, -0.1) is 0 Å². The van der Waals surface area contributed by atoms with E-state index in [9.17, 15) is 14.7 Å². The Bertz CT molecular complexity index is 614. The normalized spacial score (nSPS) is 25.0. The van der Waals surface area contributed by atoms with Crippen LogP contribution in [0.4, 0.5) is 0 Å². The Morgan fingerprint density at radius 1 is 1.30 bits per heavy atom. The lowest BCUT2D eigenvalue weighted by Gasteiger charge is -2.42. The van der Waals surface area contributed by atoms with Crippen LogP contribution < -0.4 is 0 Å². The van der Waals surface area contributed by atoms with Gasteiger partial charge in [0, 0.05) is 24.0 Å². The molecule has 0 bridgehead atoms. The van der Waals surface area contributed by atoms with Crippen LogP contribution in [0.5, 0.6) is 0 Å². The zero-order valence-corrected chi connectivity index (χ0v) is 13.9. The molecule has 1 N–H and O–H groups in total. The summed E-state index contributed by atoms with van der Waals surface area (Å²) in [7, 11) is 0. The summed E-state index contributed by atoms with van der Waals surface area (Å²) in [5, 5.41) is 10.5. The van der Waals surface area contributed by atoms with E-state index in [1.807, 2.05) is 18.2 Å². The molecule has 124 valence electrons. The van der Waals surface area contributed by atoms with Gasteiger partial charge in [-0.2, -0.15) is 0 Å². The van der Waals surface area contributed by atoms with Crippen LogP contribution in [-0.4, -0.2) is 35.0 Å². The first-order valence-electron chi connectivity index (χ1n) is 8.27. The Kier molecular flexibility index (Phi) is 4.62. The first kappa shape index (κ1) is 16.3. The largest absolute Gasteiger partial charge is 0.481 e. The number of carbonyl (C=O) groups is 2. The van der Waals surface area contributed by atoms with Crippen LogP contribution in [0.2, 0.25) is 5.02 Å². The number of rotatable bonds is 4. The van der Waals surface area contributed by atoms with Crippen LogP contribution in [0, 0.1) is 11.3 Å². The third kappa shape index (κ3) is 3.37. The summed E-state index contributed by atoms with van der Waals surface area (Å²) in [6, 6.07) is 7.35. The van der Waals surface area contributed by atoms with Crippen molar-refractivity contribution >= 4 is 23.5 Å². The molecule has 1 saturated heterocycles. The lowest BCUT2D eigenvalue weighted by molar-refractivity contribution is -0.156. The summed E-state index contributed by atoms with van der Waals surface area (Å²) in [5.41, 5.74) is 0.0142. The van der Waals surface area contributed by atoms with Crippen molar-refractivity contribution in [1.29, 1.82) is 0 Å². The van der Waals surface area contributed by atoms with Crippen molar-refractivity contribution in [1.82, 2.24) is 4.90 Å². The Labute approximate surface area is 141 Å². The number of carboxylic acids is 1. The number of hydrogen-bond donors (Lipinski definition) is 1. The van der Waals surface area contributed by atoms with E-state index >= 15 is 0 Å². The number of piperidine rings is 1. The minimum absolute atomic E-state index is 0.116. The highest BCUT2D eigenvalue weighted by Crippen LogP contribution is 2.37. The topological polar surface area (TPSA) is 57.6 Å². The number of aliphatic carboxylic acids is 1. The molecule has 1 aromatic carbocycles. The van der Waals surface area contributed by atoms with Gasteiger partial charge >= 0.3 is 5.97 Å². The Morgan fingerprint density at radius 2 is 2.09 bits per heavy atom. The minimum atomic E-state index is -0.900. The van der Waals surface area contributed by atoms with Gasteiger partial charge in [0.1, 0.15) is 0 Å². The molecular weight excluding hydrogens is 314 g/mol. The van der Waals surface area contributed by atoms with E-state index in [-0.39, 0.29) is 11.8 Å². The third-order valence-electron chi connectivity index (χ3n) is 5.23. The van der Waals surface area contributed by atoms with Crippen molar-refractivity contribution in [3.63, 3.8) is 0 Å². The fourth-order valence-electron chi connectivity index (χ4n) is 3.67. The molecule has 23 heavy (non-hydrogen) atoms. The summed E-state index contributed by atoms with van der Waals surface area (Å²) in [6.45, 7) is 0.990. The number of halogens is 1. The highest BCUT2D eigenvalue weighted by molar-refractivity contribution is 6.30. The first-order valence-corrected chi connectivity index (χ1v) is 8.65. The first-order chi connectivity index (χ1) is 11.0. The summed E-state index contributed by atoms with van der Waals surface area (Å²) < 4.78 is 0. The van der Waals surface area contributed by atoms with Gasteiger partial charge in [-0.05, 0) is 49.8 Å². The second kappa shape index (κ2) is 6.52. The zero-order valence-electron chi connectivity index (χ0n) is 13.1. The van der Waals surface area contributed by atoms with E-state index < -0.39 is 11.4 Å². The number of carbonyl (C=O) groups excluding carboxylic acids is 1. The Hall–Kier alpha value is -1.55. The molecule has 0 spiro atoms. The number of carboxylic acid groups (broad SMARTS) is 1. The Morgan fingerprint density at radius 3 is 2.70 bits per heavy atom. The average molecular weight is 336 g/mol. The average Bonchev–Trinajstić information content (AvgIpc) is 2.45. The molecule has 1 heterocycles. The molecule has 2 fully saturated rings. The van der Waals surface area contributed by atoms with Gasteiger partial charge in [-0.3, -0.25) is 9.59 Å². The van der Waals surface area contributed by atoms with Gasteiger partial charge < -0.3 is 10.0 Å². The van der Waals surface area contributed by atoms with Crippen LogP contribution in [0.1, 0.15) is 37.7 Å². The minimum Gasteiger partial charge on any atom is -0.481 e. The molecule has 4 nitrogen and oxygen atoms in total. The lowest BCUT2D eigenvalue weighted by Crippen LogP contribution is -2.53. The van der Waals surface area contributed by atoms with Crippen molar-refractivity contribution in [3.05, 3.63) is 34.9 Å². The smallest absolute Gasteiger partial charge is 0.311 e. The molecule has 0 aromatic heterocycles. The van der Waals surface area contributed by atoms with Gasteiger partial charge in [0.25, 0.3) is 0 Å². The lowest BCUT2D eigenvalue weighted by atomic mass is 9.74. The molecule has 5 heteroatoms. The van der Waals surface area contributed by atoms with E-state index in [0.717, 1.165) is 31.2 Å². The quantitative estimate of drug-likeness (QED) is 0.917. The molecule has 1 aliphatic heterocycles. The van der Waals surface area contributed by atoms with Crippen LogP contribution in [0.25, 0.3) is 0 Å². The predicted molar refractivity (Wildman–Crippen MR) is 88.4 cm³/mol. The fourth-order valence-corrected chi connectivity index (χ4v) is 3.88. The van der Waals surface area contributed by atoms with Gasteiger partial charge in [-0.25, -0.2) is 0 Å². The zero-order chi connectivity index (χ0) is 16.4. The van der Waals surface area contributed by atoms with Gasteiger partial charge in [0.05, 0.1) is 5.41 Å². The number of nitrogens with zero attached hydrogens (tertiary/aromatic N) is 1. The van der Waals surface area contributed by atoms with Crippen molar-refractivity contribution in [3.8, 4) is 0 Å². The van der Waals surface area contributed by atoms with Crippen LogP contribution in [-0.2, 0) is 16.0 Å². The summed E-state index contributed by atoms with van der Waals surface area (Å²) in [5.74, 6) is -0.554. The van der Waals surface area contributed by atoms with Crippen LogP contribution >= 0.6 is 11.6 Å². The van der Waals surface area contributed by atoms with Crippen molar-refractivity contribution in [2.45, 2.75) is 38.5 Å². The third-order valence-corrected chi connectivity index (χ3v) is 5.46. The van der Waals surface area contributed by atoms with E-state index in [1.54, 1.807) is 11.0 Å². The van der Waals surface area contributed by atoms with Crippen molar-refractivity contribution < 1.29 is 14.7 Å². The predicted octanol–water partition coefficient (Wildman–Crippen LogP) is 3.38. The number of benzene rings is 1. The fraction of sp³-hybridized carbons (Fsp3) is 0.556. The molecule has 1 unspecified atom stereocenters. The van der Waals surface area contributed by atoms with Gasteiger partial charge in [-0.1, -0.05) is 30.2 Å². The molecule has 1 saturated carbocycles. The van der Waals surface area contributed by atoms with Crippen LogP contribution in [0.3, 0.4) is 0 Å². The van der Waals surface area contributed by atoms with E-state index in [4.69, 9.17) is 11.6 Å². The molecular formula is C18H22ClNO3. The highest BCUT2D eigenvalue weighted by Gasteiger charge is 2.45. The number of hydrogen-bond acceptors (Lipinski definition) is 2. The summed E-state index contributed by atoms with van der Waals surface area (Å²) in [4.78, 5) is 26.3. The Balaban J connectivity index is 1.79. The van der Waals surface area contributed by atoms with Gasteiger partial charge in [0.2, 0.25) is 5.91 Å². The van der Waals surface area contributed by atoms with E-state index in [0.29, 0.717) is 31.0 Å². The molecule has 0 radical (unpaired) electrons.